The molecular formula is C34H48N6O3. The number of nitrogens with one attached hydrogen (secondary N) is 2. The van der Waals surface area contributed by atoms with Crippen LogP contribution in [0.4, 0.5) is 0 Å². The number of hydrogen-bond donors (Lipinski definition) is 5. The van der Waals surface area contributed by atoms with Crippen LogP contribution in [0.25, 0.3) is 11.3 Å². The Bertz CT molecular complexity index is 1300. The summed E-state index contributed by atoms with van der Waals surface area (Å²) in [6.07, 6.45) is 1.08. The molecule has 3 rings (SSSR count). The maximum atomic E-state index is 13.2. The Morgan fingerprint density at radius 2 is 1.40 bits per heavy atom. The highest BCUT2D eigenvalue weighted by atomic mass is 16.3. The van der Waals surface area contributed by atoms with Gasteiger partial charge in [0.25, 0.3) is 5.91 Å². The summed E-state index contributed by atoms with van der Waals surface area (Å²) in [6.45, 7) is 11.7. The van der Waals surface area contributed by atoms with Gasteiger partial charge in [-0.25, -0.2) is 5.01 Å². The van der Waals surface area contributed by atoms with Crippen LogP contribution in [0, 0.1) is 10.8 Å². The first-order valence-corrected chi connectivity index (χ1v) is 14.7. The largest absolute Gasteiger partial charge is 0.390 e. The molecule has 0 aliphatic rings. The monoisotopic (exact) mass is 588 g/mol. The zero-order chi connectivity index (χ0) is 31.8. The first-order chi connectivity index (χ1) is 20.1. The normalized spacial score (nSPS) is 14.9. The van der Waals surface area contributed by atoms with Gasteiger partial charge in [0.05, 0.1) is 29.9 Å². The van der Waals surface area contributed by atoms with Gasteiger partial charge in [0.2, 0.25) is 5.91 Å². The smallest absolute Gasteiger partial charge is 0.251 e. The fraction of sp³-hybridized carbons (Fsp3) is 0.441. The summed E-state index contributed by atoms with van der Waals surface area (Å²) in [4.78, 5) is 30.7. The van der Waals surface area contributed by atoms with Crippen LogP contribution in [0.15, 0.2) is 79.0 Å². The molecule has 1 aromatic heterocycles. The van der Waals surface area contributed by atoms with Gasteiger partial charge in [-0.3, -0.25) is 20.0 Å². The molecule has 0 saturated carbocycles. The van der Waals surface area contributed by atoms with Crippen LogP contribution in [0.3, 0.4) is 0 Å². The van der Waals surface area contributed by atoms with Gasteiger partial charge < -0.3 is 21.9 Å². The molecule has 232 valence electrons. The van der Waals surface area contributed by atoms with E-state index in [0.29, 0.717) is 13.0 Å². The van der Waals surface area contributed by atoms with E-state index < -0.39 is 35.1 Å². The van der Waals surface area contributed by atoms with Gasteiger partial charge in [-0.1, -0.05) is 102 Å². The highest BCUT2D eigenvalue weighted by Crippen LogP contribution is 2.21. The van der Waals surface area contributed by atoms with Gasteiger partial charge in [-0.15, -0.1) is 0 Å². The summed E-state index contributed by atoms with van der Waals surface area (Å²) < 4.78 is 0. The van der Waals surface area contributed by atoms with Crippen molar-refractivity contribution in [1.29, 1.82) is 0 Å². The van der Waals surface area contributed by atoms with E-state index in [4.69, 9.17) is 11.5 Å². The minimum atomic E-state index is -1.05. The van der Waals surface area contributed by atoms with Gasteiger partial charge in [0.15, 0.2) is 0 Å². The molecule has 0 saturated heterocycles. The third-order valence-electron chi connectivity index (χ3n) is 7.49. The first kappa shape index (κ1) is 33.9. The van der Waals surface area contributed by atoms with Crippen LogP contribution in [0.2, 0.25) is 0 Å². The molecule has 9 heteroatoms. The summed E-state index contributed by atoms with van der Waals surface area (Å²) in [6, 6.07) is 21.1. The topological polar surface area (TPSA) is 147 Å². The molecule has 3 aromatic rings. The minimum absolute atomic E-state index is 0.0349. The van der Waals surface area contributed by atoms with Crippen molar-refractivity contribution in [3.8, 4) is 11.3 Å². The second kappa shape index (κ2) is 14.7. The Morgan fingerprint density at radius 1 is 0.814 bits per heavy atom. The van der Waals surface area contributed by atoms with Crippen molar-refractivity contribution in [3.05, 3.63) is 90.1 Å². The van der Waals surface area contributed by atoms with Crippen LogP contribution in [-0.2, 0) is 22.6 Å². The van der Waals surface area contributed by atoms with Gasteiger partial charge >= 0.3 is 0 Å². The number of benzene rings is 2. The van der Waals surface area contributed by atoms with E-state index in [9.17, 15) is 14.7 Å². The van der Waals surface area contributed by atoms with Gasteiger partial charge in [-0.2, -0.15) is 0 Å². The average Bonchev–Trinajstić information content (AvgIpc) is 2.96. The van der Waals surface area contributed by atoms with E-state index in [1.807, 2.05) is 114 Å². The third kappa shape index (κ3) is 10.2. The fourth-order valence-electron chi connectivity index (χ4n) is 4.47. The van der Waals surface area contributed by atoms with Crippen molar-refractivity contribution < 1.29 is 14.7 Å². The summed E-state index contributed by atoms with van der Waals surface area (Å²) in [5.74, 6) is -0.703. The molecule has 0 bridgehead atoms. The fourth-order valence-corrected chi connectivity index (χ4v) is 4.47. The number of carbonyl (C=O) groups excluding carboxylic acids is 2. The quantitative estimate of drug-likeness (QED) is 0.204. The third-order valence-corrected chi connectivity index (χ3v) is 7.49. The number of aliphatic hydroxyl groups excluding tert-OH is 1. The highest BCUT2D eigenvalue weighted by Gasteiger charge is 2.33. The zero-order valence-electron chi connectivity index (χ0n) is 26.2. The van der Waals surface area contributed by atoms with Crippen molar-refractivity contribution >= 4 is 11.8 Å². The Labute approximate surface area is 256 Å². The van der Waals surface area contributed by atoms with Crippen molar-refractivity contribution in [2.24, 2.45) is 22.3 Å². The second-order valence-corrected chi connectivity index (χ2v) is 13.3. The van der Waals surface area contributed by atoms with Gasteiger partial charge in [0, 0.05) is 24.8 Å². The van der Waals surface area contributed by atoms with E-state index in [1.54, 1.807) is 11.2 Å². The molecule has 7 N–H and O–H groups in total. The lowest BCUT2D eigenvalue weighted by molar-refractivity contribution is -0.131. The molecule has 0 spiro atoms. The van der Waals surface area contributed by atoms with E-state index >= 15 is 0 Å². The number of amides is 2. The SMILES string of the molecule is CC(C)(C)[C@H](N)C(=O)N[C@@H](Cc1ccccc1)[C@@H](O)CN(Cc1ccc(-c2ccccn2)cc1)NC(=O)[C@@H](N)C(C)(C)C. The van der Waals surface area contributed by atoms with Crippen LogP contribution in [0.5, 0.6) is 0 Å². The number of pyridine rings is 1. The van der Waals surface area contributed by atoms with Crippen molar-refractivity contribution in [3.63, 3.8) is 0 Å². The van der Waals surface area contributed by atoms with Crippen molar-refractivity contribution in [2.75, 3.05) is 6.54 Å². The molecule has 2 amide bonds. The first-order valence-electron chi connectivity index (χ1n) is 14.7. The zero-order valence-corrected chi connectivity index (χ0v) is 26.2. The van der Waals surface area contributed by atoms with Crippen molar-refractivity contribution in [1.82, 2.24) is 20.7 Å². The molecule has 0 aliphatic heterocycles. The predicted octanol–water partition coefficient (Wildman–Crippen LogP) is 3.42. The molecule has 0 radical (unpaired) electrons. The van der Waals surface area contributed by atoms with Gasteiger partial charge in [-0.05, 0) is 40.5 Å². The maximum Gasteiger partial charge on any atom is 0.251 e. The highest BCUT2D eigenvalue weighted by molar-refractivity contribution is 5.83. The Balaban J connectivity index is 1.85. The number of hydrazine groups is 1. The summed E-state index contributed by atoms with van der Waals surface area (Å²) in [5, 5.41) is 16.2. The maximum absolute atomic E-state index is 13.2. The van der Waals surface area contributed by atoms with E-state index in [0.717, 1.165) is 22.4 Å². The minimum Gasteiger partial charge on any atom is -0.390 e. The van der Waals surface area contributed by atoms with E-state index in [1.165, 1.54) is 0 Å². The Hall–Kier alpha value is -3.63. The Kier molecular flexibility index (Phi) is 11.6. The molecule has 4 atom stereocenters. The molecule has 43 heavy (non-hydrogen) atoms. The molecule has 1 heterocycles. The van der Waals surface area contributed by atoms with E-state index in [-0.39, 0.29) is 18.4 Å². The lowest BCUT2D eigenvalue weighted by Gasteiger charge is -2.34. The average molecular weight is 589 g/mol. The number of hydrogen-bond acceptors (Lipinski definition) is 7. The van der Waals surface area contributed by atoms with Crippen LogP contribution < -0.4 is 22.2 Å². The number of carbonyl (C=O) groups is 2. The number of aliphatic hydroxyl groups is 1. The summed E-state index contributed by atoms with van der Waals surface area (Å²) in [7, 11) is 0. The van der Waals surface area contributed by atoms with Gasteiger partial charge in [0.1, 0.15) is 0 Å². The predicted molar refractivity (Wildman–Crippen MR) is 171 cm³/mol. The Morgan fingerprint density at radius 3 is 1.95 bits per heavy atom. The summed E-state index contributed by atoms with van der Waals surface area (Å²) >= 11 is 0. The molecule has 0 aliphatic carbocycles. The number of nitrogens with zero attached hydrogens (tertiary/aromatic N) is 2. The number of aromatic nitrogens is 1. The number of rotatable bonds is 12. The van der Waals surface area contributed by atoms with Crippen LogP contribution in [0.1, 0.15) is 52.7 Å². The van der Waals surface area contributed by atoms with Crippen LogP contribution in [-0.4, -0.2) is 57.7 Å². The molecule has 0 fully saturated rings. The lowest BCUT2D eigenvalue weighted by atomic mass is 9.86. The standard InChI is InChI=1S/C34H48N6O3/c1-33(2,3)29(35)31(42)38-27(20-23-12-8-7-9-13-23)28(41)22-40(39-32(43)30(36)34(4,5)6)21-24-15-17-25(18-16-24)26-14-10-11-19-37-26/h7-19,27-30,41H,20-22,35-36H2,1-6H3,(H,38,42)(H,39,43)/t27-,28-,29+,30+/m0/s1. The second-order valence-electron chi connectivity index (χ2n) is 13.3. The lowest BCUT2D eigenvalue weighted by Crippen LogP contribution is -2.59. The molecule has 2 aromatic carbocycles. The van der Waals surface area contributed by atoms with Crippen molar-refractivity contribution in [2.45, 2.75) is 78.7 Å². The molecule has 9 nitrogen and oxygen atoms in total. The summed E-state index contributed by atoms with van der Waals surface area (Å²) in [5.41, 5.74) is 18.2. The molecular weight excluding hydrogens is 540 g/mol. The van der Waals surface area contributed by atoms with Crippen LogP contribution >= 0.6 is 0 Å². The number of nitrogens with two attached hydrogens (primary N) is 2. The molecule has 0 unspecified atom stereocenters. The van der Waals surface area contributed by atoms with E-state index in [2.05, 4.69) is 15.7 Å².